The van der Waals surface area contributed by atoms with Crippen LogP contribution < -0.4 is 0 Å². The van der Waals surface area contributed by atoms with Gasteiger partial charge in [0.05, 0.1) is 16.0 Å². The van der Waals surface area contributed by atoms with Crippen molar-refractivity contribution in [2.75, 3.05) is 0 Å². The second kappa shape index (κ2) is 4.14. The number of nitrogens with one attached hydrogen (secondary N) is 1. The summed E-state index contributed by atoms with van der Waals surface area (Å²) < 4.78 is 1.80. The molecular formula is C14H9N5O2. The van der Waals surface area contributed by atoms with Gasteiger partial charge in [0.2, 0.25) is 0 Å². The molecule has 0 unspecified atom stereocenters. The summed E-state index contributed by atoms with van der Waals surface area (Å²) >= 11 is 0. The van der Waals surface area contributed by atoms with Gasteiger partial charge >= 0.3 is 0 Å². The number of hydrogen-bond acceptors (Lipinski definition) is 4. The Bertz CT molecular complexity index is 968. The van der Waals surface area contributed by atoms with E-state index in [1.54, 1.807) is 16.6 Å². The van der Waals surface area contributed by atoms with Crippen molar-refractivity contribution >= 4 is 22.5 Å². The number of fused-ring (bicyclic) bond motifs is 3. The average molecular weight is 279 g/mol. The second-order valence-corrected chi connectivity index (χ2v) is 4.61. The number of nitrogens with zero attached hydrogens (tertiary/aromatic N) is 4. The van der Waals surface area contributed by atoms with Crippen molar-refractivity contribution in [2.45, 2.75) is 0 Å². The third-order valence-electron chi connectivity index (χ3n) is 3.32. The molecule has 0 saturated heterocycles. The average Bonchev–Trinajstić information content (AvgIpc) is 3.05. The van der Waals surface area contributed by atoms with Gasteiger partial charge in [-0.15, -0.1) is 0 Å². The first-order valence-corrected chi connectivity index (χ1v) is 6.30. The molecule has 102 valence electrons. The topological polar surface area (TPSA) is 89.1 Å². The van der Waals surface area contributed by atoms with Crippen LogP contribution in [0.2, 0.25) is 0 Å². The Balaban J connectivity index is 1.85. The van der Waals surface area contributed by atoms with Gasteiger partial charge < -0.3 is 0 Å². The number of nitro groups is 1. The van der Waals surface area contributed by atoms with Crippen LogP contribution in [0.25, 0.3) is 28.2 Å². The van der Waals surface area contributed by atoms with E-state index in [-0.39, 0.29) is 5.69 Å². The highest BCUT2D eigenvalue weighted by Gasteiger charge is 2.11. The Morgan fingerprint density at radius 1 is 1.05 bits per heavy atom. The molecule has 2 heterocycles. The van der Waals surface area contributed by atoms with E-state index in [1.807, 2.05) is 24.3 Å². The molecule has 4 aromatic rings. The van der Waals surface area contributed by atoms with Gasteiger partial charge in [0.1, 0.15) is 0 Å². The normalized spacial score (nSPS) is 11.2. The van der Waals surface area contributed by atoms with Crippen molar-refractivity contribution in [1.82, 2.24) is 19.6 Å². The Labute approximate surface area is 118 Å². The van der Waals surface area contributed by atoms with Crippen LogP contribution in [0, 0.1) is 10.1 Å². The number of benzene rings is 2. The van der Waals surface area contributed by atoms with Gasteiger partial charge in [0.15, 0.2) is 5.82 Å². The minimum absolute atomic E-state index is 0.0560. The highest BCUT2D eigenvalue weighted by atomic mass is 16.6. The molecule has 0 radical (unpaired) electrons. The highest BCUT2D eigenvalue weighted by Crippen LogP contribution is 2.22. The van der Waals surface area contributed by atoms with Crippen molar-refractivity contribution < 1.29 is 4.92 Å². The van der Waals surface area contributed by atoms with E-state index in [9.17, 15) is 10.1 Å². The lowest BCUT2D eigenvalue weighted by molar-refractivity contribution is -0.384. The summed E-state index contributed by atoms with van der Waals surface area (Å²) in [5.41, 5.74) is 2.63. The molecule has 0 aliphatic rings. The number of rotatable bonds is 2. The lowest BCUT2D eigenvalue weighted by atomic mass is 10.2. The summed E-state index contributed by atoms with van der Waals surface area (Å²) in [6.07, 6.45) is 0. The largest absolute Gasteiger partial charge is 0.274 e. The predicted octanol–water partition coefficient (Wildman–Crippen LogP) is 2.79. The fourth-order valence-electron chi connectivity index (χ4n) is 2.30. The summed E-state index contributed by atoms with van der Waals surface area (Å²) in [4.78, 5) is 19.1. The zero-order valence-electron chi connectivity index (χ0n) is 10.7. The monoisotopic (exact) mass is 279 g/mol. The van der Waals surface area contributed by atoms with Crippen molar-refractivity contribution in [3.05, 3.63) is 58.6 Å². The molecular weight excluding hydrogens is 270 g/mol. The standard InChI is InChI=1S/C14H9N5O2/c20-19(21)10-7-5-9(6-8-10)13-16-14-15-11-3-1-2-4-12(11)18(14)17-13/h1-8H,(H,15,16,17). The van der Waals surface area contributed by atoms with Gasteiger partial charge in [-0.2, -0.15) is 4.98 Å². The first-order chi connectivity index (χ1) is 10.2. The Morgan fingerprint density at radius 2 is 1.81 bits per heavy atom. The molecule has 0 saturated carbocycles. The summed E-state index contributed by atoms with van der Waals surface area (Å²) in [5, 5.41) is 13.8. The number of imidazole rings is 1. The fraction of sp³-hybridized carbons (Fsp3) is 0. The van der Waals surface area contributed by atoms with Crippen molar-refractivity contribution in [2.24, 2.45) is 0 Å². The first-order valence-electron chi connectivity index (χ1n) is 6.30. The maximum atomic E-state index is 10.7. The number of para-hydroxylation sites is 2. The number of nitro benzene ring substituents is 1. The lowest BCUT2D eigenvalue weighted by Gasteiger charge is -1.96. The van der Waals surface area contributed by atoms with Crippen LogP contribution in [0.3, 0.4) is 0 Å². The minimum atomic E-state index is -0.424. The summed E-state index contributed by atoms with van der Waals surface area (Å²) in [6.45, 7) is 0. The van der Waals surface area contributed by atoms with Crippen molar-refractivity contribution in [3.63, 3.8) is 0 Å². The lowest BCUT2D eigenvalue weighted by Crippen LogP contribution is -1.88. The van der Waals surface area contributed by atoms with Gasteiger partial charge in [-0.25, -0.2) is 9.50 Å². The van der Waals surface area contributed by atoms with E-state index in [2.05, 4.69) is 15.1 Å². The zero-order valence-corrected chi connectivity index (χ0v) is 10.7. The van der Waals surface area contributed by atoms with Crippen LogP contribution in [0.5, 0.6) is 0 Å². The summed E-state index contributed by atoms with van der Waals surface area (Å²) in [7, 11) is 0. The summed E-state index contributed by atoms with van der Waals surface area (Å²) in [5.74, 6) is 1.20. The van der Waals surface area contributed by atoms with Gasteiger partial charge in [0.25, 0.3) is 11.5 Å². The molecule has 0 aliphatic heterocycles. The van der Waals surface area contributed by atoms with Crippen LogP contribution >= 0.6 is 0 Å². The molecule has 2 aromatic carbocycles. The SMILES string of the molecule is O=[N+]([O-])c1ccc(-c2nc3nc4ccccc4n3[nH]2)cc1. The Kier molecular flexibility index (Phi) is 2.28. The van der Waals surface area contributed by atoms with Crippen LogP contribution in [0.1, 0.15) is 0 Å². The van der Waals surface area contributed by atoms with Crippen molar-refractivity contribution in [1.29, 1.82) is 0 Å². The zero-order chi connectivity index (χ0) is 14.4. The third kappa shape index (κ3) is 1.75. The summed E-state index contributed by atoms with van der Waals surface area (Å²) in [6, 6.07) is 14.0. The van der Waals surface area contributed by atoms with E-state index in [4.69, 9.17) is 0 Å². The Morgan fingerprint density at radius 3 is 2.57 bits per heavy atom. The Hall–Kier alpha value is -3.22. The van der Waals surface area contributed by atoms with Crippen molar-refractivity contribution in [3.8, 4) is 11.4 Å². The van der Waals surface area contributed by atoms with E-state index in [0.717, 1.165) is 16.6 Å². The smallest absolute Gasteiger partial charge is 0.269 e. The van der Waals surface area contributed by atoms with E-state index < -0.39 is 4.92 Å². The molecule has 7 heteroatoms. The van der Waals surface area contributed by atoms with Gasteiger partial charge in [-0.05, 0) is 24.3 Å². The fourth-order valence-corrected chi connectivity index (χ4v) is 2.30. The molecule has 0 atom stereocenters. The first kappa shape index (κ1) is 11.6. The van der Waals surface area contributed by atoms with Crippen LogP contribution in [-0.2, 0) is 0 Å². The number of hydrogen-bond donors (Lipinski definition) is 1. The molecule has 4 rings (SSSR count). The molecule has 0 fully saturated rings. The molecule has 2 aromatic heterocycles. The maximum Gasteiger partial charge on any atom is 0.269 e. The van der Waals surface area contributed by atoms with Crippen LogP contribution in [-0.4, -0.2) is 24.5 Å². The number of aromatic amines is 1. The minimum Gasteiger partial charge on any atom is -0.274 e. The van der Waals surface area contributed by atoms with Gasteiger partial charge in [-0.1, -0.05) is 12.1 Å². The molecule has 7 nitrogen and oxygen atoms in total. The van der Waals surface area contributed by atoms with E-state index >= 15 is 0 Å². The third-order valence-corrected chi connectivity index (χ3v) is 3.32. The molecule has 1 N–H and O–H groups in total. The predicted molar refractivity (Wildman–Crippen MR) is 76.9 cm³/mol. The number of non-ortho nitro benzene ring substituents is 1. The highest BCUT2D eigenvalue weighted by molar-refractivity contribution is 5.79. The van der Waals surface area contributed by atoms with Crippen LogP contribution in [0.4, 0.5) is 5.69 Å². The maximum absolute atomic E-state index is 10.7. The van der Waals surface area contributed by atoms with Crippen LogP contribution in [0.15, 0.2) is 48.5 Å². The number of H-pyrrole nitrogens is 1. The van der Waals surface area contributed by atoms with E-state index in [1.165, 1.54) is 12.1 Å². The molecule has 0 aliphatic carbocycles. The van der Waals surface area contributed by atoms with Gasteiger partial charge in [-0.3, -0.25) is 15.2 Å². The quantitative estimate of drug-likeness (QED) is 0.451. The molecule has 0 bridgehead atoms. The molecule has 21 heavy (non-hydrogen) atoms. The van der Waals surface area contributed by atoms with Gasteiger partial charge in [0, 0.05) is 17.7 Å². The molecule has 0 amide bonds. The second-order valence-electron chi connectivity index (χ2n) is 4.61. The molecule has 0 spiro atoms. The number of aromatic nitrogens is 4. The van der Waals surface area contributed by atoms with E-state index in [0.29, 0.717) is 11.6 Å².